The topological polar surface area (TPSA) is 73.6 Å². The van der Waals surface area contributed by atoms with E-state index < -0.39 is 0 Å². The van der Waals surface area contributed by atoms with Crippen LogP contribution in [0.25, 0.3) is 0 Å². The van der Waals surface area contributed by atoms with Gasteiger partial charge in [-0.15, -0.1) is 24.0 Å². The summed E-state index contributed by atoms with van der Waals surface area (Å²) in [5, 5.41) is 10.6. The molecule has 0 amide bonds. The molecule has 0 unspecified atom stereocenters. The van der Waals surface area contributed by atoms with E-state index in [-0.39, 0.29) is 29.8 Å². The Kier molecular flexibility index (Phi) is 8.90. The molecule has 8 nitrogen and oxygen atoms in total. The van der Waals surface area contributed by atoms with E-state index in [4.69, 9.17) is 0 Å². The van der Waals surface area contributed by atoms with Gasteiger partial charge in [0.05, 0.1) is 6.54 Å². The predicted molar refractivity (Wildman–Crippen MR) is 120 cm³/mol. The fourth-order valence-electron chi connectivity index (χ4n) is 3.08. The minimum Gasteiger partial charge on any atom is -0.369 e. The Morgan fingerprint density at radius 3 is 2.46 bits per heavy atom. The zero-order valence-electron chi connectivity index (χ0n) is 16.3. The summed E-state index contributed by atoms with van der Waals surface area (Å²) in [4.78, 5) is 13.1. The van der Waals surface area contributed by atoms with Crippen LogP contribution in [-0.2, 0) is 13.6 Å². The van der Waals surface area contributed by atoms with E-state index in [1.54, 1.807) is 18.1 Å². The Hall–Kier alpha value is -1.95. The molecule has 0 atom stereocenters. The molecule has 1 aromatic heterocycles. The second kappa shape index (κ2) is 11.1. The molecule has 1 aliphatic heterocycles. The number of nitrogens with one attached hydrogen (secondary N) is 2. The van der Waals surface area contributed by atoms with Gasteiger partial charge in [0, 0.05) is 59.1 Å². The standard InChI is InChI=1S/C18H27FN8.HI/c1-20-18(22-13-17-23-14-24-25(17)2)21-7-8-26-9-11-27(12-10-26)16-5-3-15(19)4-6-16;/h3-6,14H,7-13H2,1-2H3,(H2,20,21,22);1H. The van der Waals surface area contributed by atoms with Crippen molar-refractivity contribution in [1.82, 2.24) is 30.3 Å². The van der Waals surface area contributed by atoms with Gasteiger partial charge in [0.25, 0.3) is 0 Å². The van der Waals surface area contributed by atoms with Crippen LogP contribution in [-0.4, -0.2) is 71.9 Å². The van der Waals surface area contributed by atoms with Crippen LogP contribution in [0.3, 0.4) is 0 Å². The molecule has 0 bridgehead atoms. The largest absolute Gasteiger partial charge is 0.369 e. The van der Waals surface area contributed by atoms with Crippen LogP contribution in [0.2, 0.25) is 0 Å². The first-order chi connectivity index (χ1) is 13.2. The Bertz CT molecular complexity index is 740. The van der Waals surface area contributed by atoms with Gasteiger partial charge in [-0.3, -0.25) is 14.6 Å². The molecule has 2 aromatic rings. The van der Waals surface area contributed by atoms with Crippen molar-refractivity contribution in [3.63, 3.8) is 0 Å². The summed E-state index contributed by atoms with van der Waals surface area (Å²) in [7, 11) is 3.62. The molecule has 28 heavy (non-hydrogen) atoms. The highest BCUT2D eigenvalue weighted by Gasteiger charge is 2.17. The van der Waals surface area contributed by atoms with E-state index in [2.05, 4.69) is 35.5 Å². The maximum Gasteiger partial charge on any atom is 0.191 e. The summed E-state index contributed by atoms with van der Waals surface area (Å²) in [6, 6.07) is 6.73. The molecule has 3 rings (SSSR count). The summed E-state index contributed by atoms with van der Waals surface area (Å²) in [6.45, 7) is 6.22. The number of hydrogen-bond donors (Lipinski definition) is 2. The number of piperazine rings is 1. The highest BCUT2D eigenvalue weighted by molar-refractivity contribution is 14.0. The van der Waals surface area contributed by atoms with Gasteiger partial charge in [-0.05, 0) is 24.3 Å². The first-order valence-electron chi connectivity index (χ1n) is 9.16. The average molecular weight is 502 g/mol. The SMILES string of the molecule is CN=C(NCCN1CCN(c2ccc(F)cc2)CC1)NCc1ncnn1C.I. The highest BCUT2D eigenvalue weighted by Crippen LogP contribution is 2.16. The van der Waals surface area contributed by atoms with Crippen molar-refractivity contribution in [3.05, 3.63) is 42.2 Å². The van der Waals surface area contributed by atoms with Gasteiger partial charge in [-0.25, -0.2) is 9.37 Å². The third kappa shape index (κ3) is 6.30. The van der Waals surface area contributed by atoms with Gasteiger partial charge < -0.3 is 15.5 Å². The lowest BCUT2D eigenvalue weighted by Gasteiger charge is -2.36. The van der Waals surface area contributed by atoms with Crippen molar-refractivity contribution in [3.8, 4) is 0 Å². The number of aryl methyl sites for hydroxylation is 1. The second-order valence-electron chi connectivity index (χ2n) is 6.46. The molecule has 0 spiro atoms. The zero-order valence-corrected chi connectivity index (χ0v) is 18.6. The van der Waals surface area contributed by atoms with E-state index >= 15 is 0 Å². The van der Waals surface area contributed by atoms with Crippen LogP contribution < -0.4 is 15.5 Å². The number of nitrogens with zero attached hydrogens (tertiary/aromatic N) is 6. The number of aliphatic imine (C=N–C) groups is 1. The average Bonchev–Trinajstić information content (AvgIpc) is 3.10. The fraction of sp³-hybridized carbons (Fsp3) is 0.500. The molecule has 0 aliphatic carbocycles. The van der Waals surface area contributed by atoms with Gasteiger partial charge in [0.15, 0.2) is 5.96 Å². The van der Waals surface area contributed by atoms with Gasteiger partial charge >= 0.3 is 0 Å². The summed E-state index contributed by atoms with van der Waals surface area (Å²) in [5.41, 5.74) is 1.09. The molecule has 10 heteroatoms. The lowest BCUT2D eigenvalue weighted by Crippen LogP contribution is -2.49. The van der Waals surface area contributed by atoms with Crippen molar-refractivity contribution in [1.29, 1.82) is 0 Å². The summed E-state index contributed by atoms with van der Waals surface area (Å²) >= 11 is 0. The first-order valence-corrected chi connectivity index (χ1v) is 9.16. The molecular weight excluding hydrogens is 474 g/mol. The lowest BCUT2D eigenvalue weighted by molar-refractivity contribution is 0.261. The highest BCUT2D eigenvalue weighted by atomic mass is 127. The molecule has 2 N–H and O–H groups in total. The van der Waals surface area contributed by atoms with Crippen LogP contribution in [0.1, 0.15) is 5.82 Å². The Morgan fingerprint density at radius 1 is 1.14 bits per heavy atom. The number of anilines is 1. The van der Waals surface area contributed by atoms with Gasteiger partial charge in [-0.2, -0.15) is 5.10 Å². The fourth-order valence-corrected chi connectivity index (χ4v) is 3.08. The third-order valence-electron chi connectivity index (χ3n) is 4.73. The lowest BCUT2D eigenvalue weighted by atomic mass is 10.2. The summed E-state index contributed by atoms with van der Waals surface area (Å²) in [6.07, 6.45) is 1.54. The molecule has 1 saturated heterocycles. The molecule has 0 saturated carbocycles. The first kappa shape index (κ1) is 22.3. The third-order valence-corrected chi connectivity index (χ3v) is 4.73. The zero-order chi connectivity index (χ0) is 19.1. The van der Waals surface area contributed by atoms with E-state index in [1.807, 2.05) is 19.2 Å². The smallest absolute Gasteiger partial charge is 0.191 e. The van der Waals surface area contributed by atoms with Gasteiger partial charge in [0.1, 0.15) is 18.0 Å². The number of halogens is 2. The maximum absolute atomic E-state index is 13.0. The van der Waals surface area contributed by atoms with Gasteiger partial charge in [0.2, 0.25) is 0 Å². The summed E-state index contributed by atoms with van der Waals surface area (Å²) in [5.74, 6) is 1.42. The molecule has 1 fully saturated rings. The van der Waals surface area contributed by atoms with E-state index in [0.717, 1.165) is 56.7 Å². The number of rotatable bonds is 6. The van der Waals surface area contributed by atoms with Crippen molar-refractivity contribution in [2.24, 2.45) is 12.0 Å². The van der Waals surface area contributed by atoms with Crippen LogP contribution in [0.4, 0.5) is 10.1 Å². The Labute approximate surface area is 182 Å². The molecule has 154 valence electrons. The molecule has 0 radical (unpaired) electrons. The second-order valence-corrected chi connectivity index (χ2v) is 6.46. The molecule has 2 heterocycles. The molecule has 1 aromatic carbocycles. The predicted octanol–water partition coefficient (Wildman–Crippen LogP) is 1.06. The van der Waals surface area contributed by atoms with Crippen LogP contribution >= 0.6 is 24.0 Å². The quantitative estimate of drug-likeness (QED) is 0.350. The van der Waals surface area contributed by atoms with Crippen molar-refractivity contribution in [2.75, 3.05) is 51.2 Å². The molecule has 1 aliphatic rings. The summed E-state index contributed by atoms with van der Waals surface area (Å²) < 4.78 is 14.8. The molecular formula is C18H28FIN8. The van der Waals surface area contributed by atoms with Crippen molar-refractivity contribution in [2.45, 2.75) is 6.54 Å². The number of hydrogen-bond acceptors (Lipinski definition) is 5. The minimum atomic E-state index is -0.190. The number of aromatic nitrogens is 3. The number of benzene rings is 1. The number of guanidine groups is 1. The van der Waals surface area contributed by atoms with Crippen LogP contribution in [0, 0.1) is 5.82 Å². The van der Waals surface area contributed by atoms with E-state index in [1.165, 1.54) is 12.1 Å². The van der Waals surface area contributed by atoms with Crippen LogP contribution in [0.15, 0.2) is 35.6 Å². The Balaban J connectivity index is 0.00000280. The monoisotopic (exact) mass is 502 g/mol. The van der Waals surface area contributed by atoms with Crippen LogP contribution in [0.5, 0.6) is 0 Å². The van der Waals surface area contributed by atoms with E-state index in [0.29, 0.717) is 6.54 Å². The maximum atomic E-state index is 13.0. The van der Waals surface area contributed by atoms with E-state index in [9.17, 15) is 4.39 Å². The minimum absolute atomic E-state index is 0. The van der Waals surface area contributed by atoms with Crippen molar-refractivity contribution < 1.29 is 4.39 Å². The normalized spacial score (nSPS) is 15.2. The van der Waals surface area contributed by atoms with Crippen molar-refractivity contribution >= 4 is 35.6 Å². The van der Waals surface area contributed by atoms with Gasteiger partial charge in [-0.1, -0.05) is 0 Å². The Morgan fingerprint density at radius 2 is 1.86 bits per heavy atom.